The first-order chi connectivity index (χ1) is 8.33. The second-order valence-electron chi connectivity index (χ2n) is 4.43. The van der Waals surface area contributed by atoms with Crippen LogP contribution in [0.25, 0.3) is 21.9 Å². The molecular weight excluding hydrogens is 204 g/mol. The van der Waals surface area contributed by atoms with Crippen LogP contribution in [0.4, 0.5) is 0 Å². The summed E-state index contributed by atoms with van der Waals surface area (Å²) in [5.41, 5.74) is 3.87. The van der Waals surface area contributed by atoms with E-state index in [2.05, 4.69) is 73.7 Å². The van der Waals surface area contributed by atoms with E-state index in [9.17, 15) is 0 Å². The van der Waals surface area contributed by atoms with Crippen LogP contribution in [0.5, 0.6) is 0 Å². The van der Waals surface area contributed by atoms with Crippen LogP contribution < -0.4 is 0 Å². The molecule has 3 aromatic carbocycles. The number of fused-ring (bicyclic) bond motifs is 1. The van der Waals surface area contributed by atoms with Crippen LogP contribution in [0.15, 0.2) is 66.7 Å². The summed E-state index contributed by atoms with van der Waals surface area (Å²) in [5, 5.41) is 2.59. The van der Waals surface area contributed by atoms with Gasteiger partial charge in [-0.05, 0) is 34.9 Å². The predicted molar refractivity (Wildman–Crippen MR) is 74.1 cm³/mol. The van der Waals surface area contributed by atoms with E-state index in [1.54, 1.807) is 0 Å². The van der Waals surface area contributed by atoms with Crippen molar-refractivity contribution < 1.29 is 0 Å². The smallest absolute Gasteiger partial charge is 0.0178 e. The molecule has 0 heteroatoms. The molecule has 3 aromatic rings. The van der Waals surface area contributed by atoms with Gasteiger partial charge in [0.15, 0.2) is 0 Å². The lowest BCUT2D eigenvalue weighted by molar-refractivity contribution is 1.47. The Morgan fingerprint density at radius 1 is 0.588 bits per heavy atom. The summed E-state index contributed by atoms with van der Waals surface area (Å²) in [4.78, 5) is 0. The van der Waals surface area contributed by atoms with Crippen molar-refractivity contribution in [1.29, 1.82) is 0 Å². The average Bonchev–Trinajstić information content (AvgIpc) is 2.38. The third-order valence-corrected chi connectivity index (χ3v) is 3.10. The van der Waals surface area contributed by atoms with Gasteiger partial charge in [0.2, 0.25) is 0 Å². The lowest BCUT2D eigenvalue weighted by atomic mass is 10.0. The normalized spacial score (nSPS) is 10.6. The number of rotatable bonds is 1. The quantitative estimate of drug-likeness (QED) is 0.549. The average molecular weight is 218 g/mol. The van der Waals surface area contributed by atoms with Crippen LogP contribution in [-0.2, 0) is 0 Å². The summed E-state index contributed by atoms with van der Waals surface area (Å²) in [5.74, 6) is 0. The van der Waals surface area contributed by atoms with Crippen LogP contribution in [0.1, 0.15) is 5.56 Å². The molecule has 82 valence electrons. The zero-order valence-corrected chi connectivity index (χ0v) is 9.85. The number of hydrogen-bond acceptors (Lipinski definition) is 0. The molecule has 0 bridgehead atoms. The van der Waals surface area contributed by atoms with E-state index < -0.39 is 0 Å². The Morgan fingerprint density at radius 3 is 2.18 bits per heavy atom. The van der Waals surface area contributed by atoms with Crippen molar-refractivity contribution in [2.24, 2.45) is 0 Å². The van der Waals surface area contributed by atoms with Gasteiger partial charge in [-0.15, -0.1) is 0 Å². The Balaban J connectivity index is 2.18. The molecule has 0 aliphatic rings. The van der Waals surface area contributed by atoms with Gasteiger partial charge in [-0.25, -0.2) is 0 Å². The molecule has 0 nitrogen and oxygen atoms in total. The Morgan fingerprint density at radius 2 is 1.35 bits per heavy atom. The predicted octanol–water partition coefficient (Wildman–Crippen LogP) is 4.82. The summed E-state index contributed by atoms with van der Waals surface area (Å²) in [6, 6.07) is 23.7. The Hall–Kier alpha value is -2.08. The van der Waals surface area contributed by atoms with E-state index in [1.807, 2.05) is 0 Å². The second-order valence-corrected chi connectivity index (χ2v) is 4.43. The van der Waals surface area contributed by atoms with Gasteiger partial charge in [-0.3, -0.25) is 0 Å². The van der Waals surface area contributed by atoms with Crippen molar-refractivity contribution in [3.05, 3.63) is 72.3 Å². The first-order valence-corrected chi connectivity index (χ1v) is 5.89. The van der Waals surface area contributed by atoms with Crippen molar-refractivity contribution in [2.45, 2.75) is 6.92 Å². The SMILES string of the molecule is Cc1cccc(-c2ccc3ccccc3c2)c1. The standard InChI is InChI=1S/C17H14/c1-13-5-4-8-15(11-13)17-10-9-14-6-2-3-7-16(14)12-17/h2-12H,1H3. The van der Waals surface area contributed by atoms with Gasteiger partial charge in [0, 0.05) is 0 Å². The van der Waals surface area contributed by atoms with Crippen molar-refractivity contribution in [2.75, 3.05) is 0 Å². The first-order valence-electron chi connectivity index (χ1n) is 5.89. The number of aryl methyl sites for hydroxylation is 1. The molecule has 0 aliphatic heterocycles. The fourth-order valence-corrected chi connectivity index (χ4v) is 2.19. The maximum absolute atomic E-state index is 2.25. The zero-order valence-electron chi connectivity index (χ0n) is 9.85. The van der Waals surface area contributed by atoms with Gasteiger partial charge in [-0.1, -0.05) is 66.2 Å². The third kappa shape index (κ3) is 1.94. The highest BCUT2D eigenvalue weighted by Crippen LogP contribution is 2.24. The van der Waals surface area contributed by atoms with Gasteiger partial charge in [0.1, 0.15) is 0 Å². The molecule has 0 unspecified atom stereocenters. The minimum Gasteiger partial charge on any atom is -0.0616 e. The highest BCUT2D eigenvalue weighted by atomic mass is 14.0. The summed E-state index contributed by atoms with van der Waals surface area (Å²) >= 11 is 0. The first kappa shape index (κ1) is 10.1. The molecule has 0 aromatic heterocycles. The Labute approximate surface area is 102 Å². The summed E-state index contributed by atoms with van der Waals surface area (Å²) in [6.07, 6.45) is 0. The molecule has 0 heterocycles. The maximum atomic E-state index is 2.25. The topological polar surface area (TPSA) is 0 Å². The van der Waals surface area contributed by atoms with E-state index in [0.717, 1.165) is 0 Å². The zero-order chi connectivity index (χ0) is 11.7. The maximum Gasteiger partial charge on any atom is -0.0178 e. The molecule has 0 atom stereocenters. The van der Waals surface area contributed by atoms with Crippen LogP contribution in [0.2, 0.25) is 0 Å². The number of benzene rings is 3. The highest BCUT2D eigenvalue weighted by Gasteiger charge is 1.99. The molecule has 0 amide bonds. The molecule has 0 aliphatic carbocycles. The van der Waals surface area contributed by atoms with Gasteiger partial charge in [0.25, 0.3) is 0 Å². The van der Waals surface area contributed by atoms with E-state index in [4.69, 9.17) is 0 Å². The fraction of sp³-hybridized carbons (Fsp3) is 0.0588. The summed E-state index contributed by atoms with van der Waals surface area (Å²) in [7, 11) is 0. The molecular formula is C17H14. The van der Waals surface area contributed by atoms with Crippen molar-refractivity contribution >= 4 is 10.8 Å². The molecule has 3 rings (SSSR count). The van der Waals surface area contributed by atoms with Crippen LogP contribution in [0, 0.1) is 6.92 Å². The van der Waals surface area contributed by atoms with Crippen LogP contribution in [0.3, 0.4) is 0 Å². The molecule has 0 N–H and O–H groups in total. The molecule has 0 saturated heterocycles. The lowest BCUT2D eigenvalue weighted by Crippen LogP contribution is -1.80. The van der Waals surface area contributed by atoms with Crippen LogP contribution >= 0.6 is 0 Å². The number of hydrogen-bond donors (Lipinski definition) is 0. The van der Waals surface area contributed by atoms with Crippen molar-refractivity contribution in [1.82, 2.24) is 0 Å². The third-order valence-electron chi connectivity index (χ3n) is 3.10. The molecule has 0 saturated carbocycles. The van der Waals surface area contributed by atoms with E-state index in [-0.39, 0.29) is 0 Å². The molecule has 0 radical (unpaired) electrons. The minimum absolute atomic E-state index is 1.28. The van der Waals surface area contributed by atoms with Gasteiger partial charge in [0.05, 0.1) is 0 Å². The van der Waals surface area contributed by atoms with E-state index in [0.29, 0.717) is 0 Å². The highest BCUT2D eigenvalue weighted by molar-refractivity contribution is 5.87. The van der Waals surface area contributed by atoms with Crippen LogP contribution in [-0.4, -0.2) is 0 Å². The second kappa shape index (κ2) is 4.06. The minimum atomic E-state index is 1.28. The van der Waals surface area contributed by atoms with E-state index in [1.165, 1.54) is 27.5 Å². The fourth-order valence-electron chi connectivity index (χ4n) is 2.19. The monoisotopic (exact) mass is 218 g/mol. The van der Waals surface area contributed by atoms with Gasteiger partial charge < -0.3 is 0 Å². The molecule has 17 heavy (non-hydrogen) atoms. The summed E-state index contributed by atoms with van der Waals surface area (Å²) < 4.78 is 0. The molecule has 0 fully saturated rings. The van der Waals surface area contributed by atoms with Gasteiger partial charge >= 0.3 is 0 Å². The lowest BCUT2D eigenvalue weighted by Gasteiger charge is -2.05. The largest absolute Gasteiger partial charge is 0.0616 e. The Bertz CT molecular complexity index is 665. The van der Waals surface area contributed by atoms with Gasteiger partial charge in [-0.2, -0.15) is 0 Å². The summed E-state index contributed by atoms with van der Waals surface area (Å²) in [6.45, 7) is 2.13. The van der Waals surface area contributed by atoms with Crippen molar-refractivity contribution in [3.63, 3.8) is 0 Å². The Kier molecular flexibility index (Phi) is 2.41. The van der Waals surface area contributed by atoms with Crippen molar-refractivity contribution in [3.8, 4) is 11.1 Å². The molecule has 0 spiro atoms. The van der Waals surface area contributed by atoms with E-state index >= 15 is 0 Å².